The lowest BCUT2D eigenvalue weighted by atomic mass is 10.1. The van der Waals surface area contributed by atoms with Crippen LogP contribution in [-0.2, 0) is 4.79 Å². The molecule has 2 saturated heterocycles. The molecule has 2 fully saturated rings. The van der Waals surface area contributed by atoms with Crippen LogP contribution >= 0.6 is 12.6 Å². The van der Waals surface area contributed by atoms with Gasteiger partial charge in [-0.25, -0.2) is 0 Å². The maximum Gasteiger partial charge on any atom is 0.236 e. The van der Waals surface area contributed by atoms with E-state index in [1.807, 2.05) is 0 Å². The molecule has 0 bridgehead atoms. The van der Waals surface area contributed by atoms with Crippen LogP contribution in [0.25, 0.3) is 0 Å². The van der Waals surface area contributed by atoms with Crippen molar-refractivity contribution >= 4 is 36.1 Å². The summed E-state index contributed by atoms with van der Waals surface area (Å²) in [5.41, 5.74) is 5.88. The van der Waals surface area contributed by atoms with Crippen LogP contribution in [0.2, 0.25) is 0 Å². The molecule has 7 heteroatoms. The summed E-state index contributed by atoms with van der Waals surface area (Å²) in [7, 11) is 0. The summed E-state index contributed by atoms with van der Waals surface area (Å²) >= 11 is 4.35. The fourth-order valence-electron chi connectivity index (χ4n) is 2.73. The molecular weight excluding hydrogens is 274 g/mol. The Kier molecular flexibility index (Phi) is 3.69. The van der Waals surface area contributed by atoms with Crippen molar-refractivity contribution in [3.8, 4) is 0 Å². The van der Waals surface area contributed by atoms with Crippen LogP contribution in [0.5, 0.6) is 0 Å². The van der Waals surface area contributed by atoms with Gasteiger partial charge in [0, 0.05) is 37.4 Å². The first kappa shape index (κ1) is 13.5. The molecule has 20 heavy (non-hydrogen) atoms. The number of amides is 1. The van der Waals surface area contributed by atoms with Crippen LogP contribution in [0.15, 0.2) is 6.07 Å². The Balaban J connectivity index is 1.88. The number of hydrogen-bond donors (Lipinski definition) is 2. The third kappa shape index (κ3) is 2.67. The summed E-state index contributed by atoms with van der Waals surface area (Å²) in [6.45, 7) is 2.52. The fraction of sp³-hybridized carbons (Fsp3) is 0.615. The van der Waals surface area contributed by atoms with Gasteiger partial charge >= 0.3 is 0 Å². The Labute approximate surface area is 123 Å². The van der Waals surface area contributed by atoms with Crippen LogP contribution < -0.4 is 15.5 Å². The third-order valence-electron chi connectivity index (χ3n) is 3.75. The highest BCUT2D eigenvalue weighted by Crippen LogP contribution is 2.25. The summed E-state index contributed by atoms with van der Waals surface area (Å²) in [6, 6.07) is 1.79. The highest BCUT2D eigenvalue weighted by Gasteiger charge is 2.30. The number of nitrogen functional groups attached to an aromatic ring is 1. The lowest BCUT2D eigenvalue weighted by Crippen LogP contribution is -2.32. The van der Waals surface area contributed by atoms with E-state index in [-0.39, 0.29) is 11.2 Å². The van der Waals surface area contributed by atoms with Crippen LogP contribution in [-0.4, -0.2) is 40.8 Å². The molecule has 3 rings (SSSR count). The maximum atomic E-state index is 11.9. The van der Waals surface area contributed by atoms with Gasteiger partial charge in [-0.15, -0.1) is 0 Å². The minimum Gasteiger partial charge on any atom is -0.383 e. The van der Waals surface area contributed by atoms with Crippen molar-refractivity contribution in [3.05, 3.63) is 6.07 Å². The van der Waals surface area contributed by atoms with Crippen LogP contribution in [0.1, 0.15) is 25.7 Å². The molecule has 0 aromatic carbocycles. The normalized spacial score (nSPS) is 23.4. The number of aromatic nitrogens is 2. The van der Waals surface area contributed by atoms with Crippen molar-refractivity contribution in [1.29, 1.82) is 0 Å². The second kappa shape index (κ2) is 5.47. The number of nitrogens with zero attached hydrogens (tertiary/aromatic N) is 4. The van der Waals surface area contributed by atoms with E-state index in [4.69, 9.17) is 5.73 Å². The fourth-order valence-corrected chi connectivity index (χ4v) is 3.05. The number of anilines is 3. The Bertz CT molecular complexity index is 517. The van der Waals surface area contributed by atoms with Gasteiger partial charge in [0.2, 0.25) is 11.9 Å². The zero-order valence-corrected chi connectivity index (χ0v) is 12.2. The minimum atomic E-state index is 0.0141. The summed E-state index contributed by atoms with van der Waals surface area (Å²) in [4.78, 5) is 24.5. The summed E-state index contributed by atoms with van der Waals surface area (Å²) in [5.74, 6) is 1.65. The molecule has 2 aliphatic rings. The first-order valence-corrected chi connectivity index (χ1v) is 7.53. The number of nitrogens with two attached hydrogens (primary N) is 1. The summed E-state index contributed by atoms with van der Waals surface area (Å²) in [5, 5.41) is 0.0472. The molecule has 6 nitrogen and oxygen atoms in total. The van der Waals surface area contributed by atoms with Crippen molar-refractivity contribution in [3.63, 3.8) is 0 Å². The molecule has 3 heterocycles. The zero-order valence-electron chi connectivity index (χ0n) is 11.3. The maximum absolute atomic E-state index is 11.9. The van der Waals surface area contributed by atoms with Crippen LogP contribution in [0.3, 0.4) is 0 Å². The van der Waals surface area contributed by atoms with Gasteiger partial charge in [-0.1, -0.05) is 0 Å². The van der Waals surface area contributed by atoms with Gasteiger partial charge < -0.3 is 10.6 Å². The smallest absolute Gasteiger partial charge is 0.236 e. The number of carbonyl (C=O) groups is 1. The van der Waals surface area contributed by atoms with E-state index in [0.29, 0.717) is 24.7 Å². The highest BCUT2D eigenvalue weighted by molar-refractivity contribution is 7.81. The predicted octanol–water partition coefficient (Wildman–Crippen LogP) is 1.08. The lowest BCUT2D eigenvalue weighted by Gasteiger charge is -2.28. The van der Waals surface area contributed by atoms with Gasteiger partial charge in [-0.2, -0.15) is 22.6 Å². The number of rotatable bonds is 2. The van der Waals surface area contributed by atoms with Gasteiger partial charge in [0.05, 0.1) is 0 Å². The molecule has 0 aliphatic carbocycles. The average Bonchev–Trinajstić information content (AvgIpc) is 2.78. The largest absolute Gasteiger partial charge is 0.383 e. The molecular formula is C13H19N5OS. The molecule has 0 radical (unpaired) electrons. The molecule has 1 amide bonds. The molecule has 1 unspecified atom stereocenters. The van der Waals surface area contributed by atoms with Gasteiger partial charge in [0.15, 0.2) is 0 Å². The van der Waals surface area contributed by atoms with E-state index in [1.54, 1.807) is 11.0 Å². The Morgan fingerprint density at radius 2 is 2.00 bits per heavy atom. The van der Waals surface area contributed by atoms with E-state index in [1.165, 1.54) is 19.3 Å². The first-order valence-electron chi connectivity index (χ1n) is 7.01. The van der Waals surface area contributed by atoms with E-state index >= 15 is 0 Å². The highest BCUT2D eigenvalue weighted by atomic mass is 32.1. The van der Waals surface area contributed by atoms with Crippen LogP contribution in [0.4, 0.5) is 17.6 Å². The molecule has 2 N–H and O–H groups in total. The number of hydrogen-bond acceptors (Lipinski definition) is 6. The predicted molar refractivity (Wildman–Crippen MR) is 82.3 cm³/mol. The quantitative estimate of drug-likeness (QED) is 0.798. The minimum absolute atomic E-state index is 0.0141. The molecule has 1 aromatic rings. The second-order valence-electron chi connectivity index (χ2n) is 5.36. The van der Waals surface area contributed by atoms with Gasteiger partial charge in [0.1, 0.15) is 11.6 Å². The monoisotopic (exact) mass is 293 g/mol. The topological polar surface area (TPSA) is 75.3 Å². The Morgan fingerprint density at radius 3 is 2.65 bits per heavy atom. The van der Waals surface area contributed by atoms with Crippen molar-refractivity contribution in [2.24, 2.45) is 0 Å². The van der Waals surface area contributed by atoms with Gasteiger partial charge in [-0.3, -0.25) is 9.69 Å². The number of thiol groups is 1. The summed E-state index contributed by atoms with van der Waals surface area (Å²) in [6.07, 6.45) is 4.03. The van der Waals surface area contributed by atoms with Crippen LogP contribution in [0, 0.1) is 0 Å². The molecule has 108 valence electrons. The zero-order chi connectivity index (χ0) is 14.1. The van der Waals surface area contributed by atoms with Gasteiger partial charge in [0.25, 0.3) is 0 Å². The van der Waals surface area contributed by atoms with Gasteiger partial charge in [-0.05, 0) is 19.3 Å². The van der Waals surface area contributed by atoms with E-state index in [0.717, 1.165) is 18.9 Å². The van der Waals surface area contributed by atoms with Crippen molar-refractivity contribution in [1.82, 2.24) is 9.97 Å². The molecule has 0 saturated carbocycles. The Morgan fingerprint density at radius 1 is 1.25 bits per heavy atom. The average molecular weight is 293 g/mol. The molecule has 2 aliphatic heterocycles. The van der Waals surface area contributed by atoms with E-state index in [9.17, 15) is 4.79 Å². The first-order chi connectivity index (χ1) is 9.63. The number of carbonyl (C=O) groups excluding carboxylic acids is 1. The number of piperidine rings is 1. The third-order valence-corrected chi connectivity index (χ3v) is 4.09. The van der Waals surface area contributed by atoms with Crippen molar-refractivity contribution in [2.75, 3.05) is 35.2 Å². The molecule has 1 aromatic heterocycles. The van der Waals surface area contributed by atoms with E-state index in [2.05, 4.69) is 27.5 Å². The molecule has 1 atom stereocenters. The summed E-state index contributed by atoms with van der Waals surface area (Å²) < 4.78 is 0. The van der Waals surface area contributed by atoms with Crippen molar-refractivity contribution < 1.29 is 4.79 Å². The van der Waals surface area contributed by atoms with E-state index < -0.39 is 0 Å². The lowest BCUT2D eigenvalue weighted by molar-refractivity contribution is -0.117. The SMILES string of the molecule is Nc1cc(N2CCCCC2)nc(N2CC(S)CC2=O)n1. The molecule has 0 spiro atoms. The van der Waals surface area contributed by atoms with Crippen molar-refractivity contribution in [2.45, 2.75) is 30.9 Å². The Hall–Kier alpha value is -1.50. The standard InChI is InChI=1S/C13H19N5OS/c14-10-7-11(17-4-2-1-3-5-17)16-13(15-10)18-8-9(20)6-12(18)19/h7,9,20H,1-6,8H2,(H2,14,15,16). The second-order valence-corrected chi connectivity index (χ2v) is 6.09.